The number of amides is 2. The summed E-state index contributed by atoms with van der Waals surface area (Å²) in [7, 11) is 0. The third-order valence-corrected chi connectivity index (χ3v) is 5.14. The van der Waals surface area contributed by atoms with Crippen LogP contribution in [0.4, 0.5) is 16.4 Å². The van der Waals surface area contributed by atoms with Gasteiger partial charge in [-0.05, 0) is 25.2 Å². The summed E-state index contributed by atoms with van der Waals surface area (Å²) in [5, 5.41) is 3.55. The topological polar surface area (TPSA) is 96.6 Å². The summed E-state index contributed by atoms with van der Waals surface area (Å²) in [6.45, 7) is 8.10. The fourth-order valence-electron chi connectivity index (χ4n) is 3.77. The van der Waals surface area contributed by atoms with Gasteiger partial charge in [0.15, 0.2) is 0 Å². The molecule has 0 spiro atoms. The number of nitrogens with zero attached hydrogens (tertiary/aromatic N) is 4. The van der Waals surface area contributed by atoms with E-state index < -0.39 is 0 Å². The second-order valence-corrected chi connectivity index (χ2v) is 7.40. The molecule has 1 aromatic rings. The predicted molar refractivity (Wildman–Crippen MR) is 101 cm³/mol. The zero-order valence-electron chi connectivity index (χ0n) is 15.7. The molecule has 26 heavy (non-hydrogen) atoms. The minimum absolute atomic E-state index is 0.199. The summed E-state index contributed by atoms with van der Waals surface area (Å²) in [4.78, 5) is 24.1. The van der Waals surface area contributed by atoms with Gasteiger partial charge >= 0.3 is 6.03 Å². The molecule has 8 heteroatoms. The molecule has 0 saturated carbocycles. The van der Waals surface area contributed by atoms with Gasteiger partial charge in [-0.2, -0.15) is 0 Å². The van der Waals surface area contributed by atoms with Crippen molar-refractivity contribution in [3.05, 3.63) is 12.4 Å². The van der Waals surface area contributed by atoms with Crippen LogP contribution in [-0.4, -0.2) is 65.8 Å². The molecule has 8 nitrogen and oxygen atoms in total. The number of anilines is 2. The lowest BCUT2D eigenvalue weighted by atomic mass is 9.94. The lowest BCUT2D eigenvalue weighted by Crippen LogP contribution is -2.43. The van der Waals surface area contributed by atoms with Crippen LogP contribution in [0.1, 0.15) is 33.1 Å². The number of hydrogen-bond donors (Lipinski definition) is 2. The Morgan fingerprint density at radius 2 is 2.12 bits per heavy atom. The fourth-order valence-corrected chi connectivity index (χ4v) is 3.77. The van der Waals surface area contributed by atoms with Gasteiger partial charge in [-0.3, -0.25) is 0 Å². The highest BCUT2D eigenvalue weighted by molar-refractivity contribution is 5.72. The Labute approximate surface area is 155 Å². The molecule has 0 aromatic carbocycles. The number of primary amides is 1. The SMILES string of the molecule is CC(C)[C@@H]1OCCC[C@H]1Nc1cc(N2CCCN(C(N)=O)CC2)ncn1. The van der Waals surface area contributed by atoms with Crippen molar-refractivity contribution in [3.8, 4) is 0 Å². The van der Waals surface area contributed by atoms with Crippen LogP contribution in [0.5, 0.6) is 0 Å². The summed E-state index contributed by atoms with van der Waals surface area (Å²) in [6, 6.07) is 1.90. The molecule has 0 unspecified atom stereocenters. The summed E-state index contributed by atoms with van der Waals surface area (Å²) in [5.41, 5.74) is 5.41. The fraction of sp³-hybridized carbons (Fsp3) is 0.722. The van der Waals surface area contributed by atoms with Crippen LogP contribution in [-0.2, 0) is 4.74 Å². The van der Waals surface area contributed by atoms with E-state index in [1.165, 1.54) is 0 Å². The zero-order chi connectivity index (χ0) is 18.5. The van der Waals surface area contributed by atoms with E-state index >= 15 is 0 Å². The van der Waals surface area contributed by atoms with Crippen molar-refractivity contribution in [1.29, 1.82) is 0 Å². The maximum absolute atomic E-state index is 11.4. The molecule has 2 amide bonds. The lowest BCUT2D eigenvalue weighted by molar-refractivity contribution is -0.0203. The van der Waals surface area contributed by atoms with Gasteiger partial charge in [0.2, 0.25) is 0 Å². The lowest BCUT2D eigenvalue weighted by Gasteiger charge is -2.35. The van der Waals surface area contributed by atoms with E-state index in [9.17, 15) is 4.79 Å². The summed E-state index contributed by atoms with van der Waals surface area (Å²) < 4.78 is 5.96. The Morgan fingerprint density at radius 1 is 1.27 bits per heavy atom. The minimum Gasteiger partial charge on any atom is -0.376 e. The Kier molecular flexibility index (Phi) is 6.13. The first-order chi connectivity index (χ1) is 12.5. The van der Waals surface area contributed by atoms with Crippen molar-refractivity contribution in [2.75, 3.05) is 43.0 Å². The highest BCUT2D eigenvalue weighted by Crippen LogP contribution is 2.24. The monoisotopic (exact) mass is 362 g/mol. The Bertz CT molecular complexity index is 611. The number of carbonyl (C=O) groups excluding carboxylic acids is 1. The largest absolute Gasteiger partial charge is 0.376 e. The first kappa shape index (κ1) is 18.7. The van der Waals surface area contributed by atoms with Gasteiger partial charge < -0.3 is 25.6 Å². The van der Waals surface area contributed by atoms with E-state index in [0.29, 0.717) is 19.0 Å². The number of urea groups is 1. The third kappa shape index (κ3) is 4.55. The molecule has 144 valence electrons. The molecule has 1 aromatic heterocycles. The first-order valence-electron chi connectivity index (χ1n) is 9.54. The van der Waals surface area contributed by atoms with Crippen molar-refractivity contribution < 1.29 is 9.53 Å². The van der Waals surface area contributed by atoms with Crippen LogP contribution in [0.2, 0.25) is 0 Å². The summed E-state index contributed by atoms with van der Waals surface area (Å²) in [6.07, 6.45) is 4.82. The molecule has 0 radical (unpaired) electrons. The number of nitrogens with one attached hydrogen (secondary N) is 1. The molecular weight excluding hydrogens is 332 g/mol. The van der Waals surface area contributed by atoms with Crippen molar-refractivity contribution >= 4 is 17.7 Å². The van der Waals surface area contributed by atoms with Crippen LogP contribution in [0.25, 0.3) is 0 Å². The van der Waals surface area contributed by atoms with E-state index in [2.05, 4.69) is 34.0 Å². The smallest absolute Gasteiger partial charge is 0.314 e. The number of hydrogen-bond acceptors (Lipinski definition) is 6. The van der Waals surface area contributed by atoms with Crippen LogP contribution in [0.3, 0.4) is 0 Å². The first-order valence-corrected chi connectivity index (χ1v) is 9.54. The maximum atomic E-state index is 11.4. The zero-order valence-corrected chi connectivity index (χ0v) is 15.7. The molecule has 2 fully saturated rings. The number of ether oxygens (including phenoxy) is 1. The van der Waals surface area contributed by atoms with Gasteiger partial charge in [0, 0.05) is 38.9 Å². The van der Waals surface area contributed by atoms with Gasteiger partial charge in [0.1, 0.15) is 18.0 Å². The molecule has 3 N–H and O–H groups in total. The molecule has 3 heterocycles. The van der Waals surface area contributed by atoms with Gasteiger partial charge in [0.25, 0.3) is 0 Å². The highest BCUT2D eigenvalue weighted by atomic mass is 16.5. The third-order valence-electron chi connectivity index (χ3n) is 5.14. The van der Waals surface area contributed by atoms with Gasteiger partial charge in [0.05, 0.1) is 12.1 Å². The molecule has 3 rings (SSSR count). The second-order valence-electron chi connectivity index (χ2n) is 7.40. The molecule has 2 saturated heterocycles. The van der Waals surface area contributed by atoms with E-state index in [0.717, 1.165) is 50.6 Å². The molecule has 2 atom stereocenters. The van der Waals surface area contributed by atoms with Crippen LogP contribution >= 0.6 is 0 Å². The van der Waals surface area contributed by atoms with Gasteiger partial charge in [-0.15, -0.1) is 0 Å². The average molecular weight is 362 g/mol. The quantitative estimate of drug-likeness (QED) is 0.846. The molecular formula is C18H30N6O2. The highest BCUT2D eigenvalue weighted by Gasteiger charge is 2.29. The van der Waals surface area contributed by atoms with Crippen molar-refractivity contribution in [3.63, 3.8) is 0 Å². The van der Waals surface area contributed by atoms with Crippen LogP contribution < -0.4 is 16.0 Å². The number of carbonyl (C=O) groups is 1. The normalized spacial score (nSPS) is 24.4. The van der Waals surface area contributed by atoms with Crippen LogP contribution in [0.15, 0.2) is 12.4 Å². The Morgan fingerprint density at radius 3 is 2.88 bits per heavy atom. The van der Waals surface area contributed by atoms with E-state index in [1.807, 2.05) is 6.07 Å². The number of aromatic nitrogens is 2. The predicted octanol–water partition coefficient (Wildman–Crippen LogP) is 1.68. The number of nitrogens with two attached hydrogens (primary N) is 1. The van der Waals surface area contributed by atoms with E-state index in [1.54, 1.807) is 11.2 Å². The minimum atomic E-state index is -0.353. The Hall–Kier alpha value is -2.09. The molecule has 0 bridgehead atoms. The van der Waals surface area contributed by atoms with Crippen molar-refractivity contribution in [2.24, 2.45) is 11.7 Å². The molecule has 2 aliphatic heterocycles. The van der Waals surface area contributed by atoms with E-state index in [-0.39, 0.29) is 18.2 Å². The summed E-state index contributed by atoms with van der Waals surface area (Å²) >= 11 is 0. The van der Waals surface area contributed by atoms with Gasteiger partial charge in [-0.1, -0.05) is 13.8 Å². The van der Waals surface area contributed by atoms with Crippen molar-refractivity contribution in [2.45, 2.75) is 45.3 Å². The second kappa shape index (κ2) is 8.53. The van der Waals surface area contributed by atoms with E-state index in [4.69, 9.17) is 10.5 Å². The van der Waals surface area contributed by atoms with Gasteiger partial charge in [-0.25, -0.2) is 14.8 Å². The summed E-state index contributed by atoms with van der Waals surface area (Å²) in [5.74, 6) is 2.17. The molecule has 2 aliphatic rings. The standard InChI is InChI=1S/C18H30N6O2/c1-13(2)17-14(5-3-10-26-17)22-15-11-16(21-12-20-15)23-6-4-7-24(9-8-23)18(19)25/h11-14,17H,3-10H2,1-2H3,(H2,19,25)(H,20,21,22)/t14-,17+/m1/s1. The van der Waals surface area contributed by atoms with Crippen LogP contribution in [0, 0.1) is 5.92 Å². The maximum Gasteiger partial charge on any atom is 0.314 e. The average Bonchev–Trinajstić information content (AvgIpc) is 2.88. The van der Waals surface area contributed by atoms with Crippen molar-refractivity contribution in [1.82, 2.24) is 14.9 Å². The Balaban J connectivity index is 1.67. The molecule has 0 aliphatic carbocycles. The number of rotatable bonds is 4.